The lowest BCUT2D eigenvalue weighted by Crippen LogP contribution is -2.31. The summed E-state index contributed by atoms with van der Waals surface area (Å²) in [5.74, 6) is 1.05. The molecule has 0 saturated heterocycles. The van der Waals surface area contributed by atoms with E-state index in [-0.39, 0.29) is 5.91 Å². The van der Waals surface area contributed by atoms with Crippen LogP contribution >= 0.6 is 11.6 Å². The van der Waals surface area contributed by atoms with Crippen LogP contribution in [0.4, 0.5) is 5.82 Å². The number of anilines is 1. The first-order valence-corrected chi connectivity index (χ1v) is 8.69. The van der Waals surface area contributed by atoms with Crippen molar-refractivity contribution >= 4 is 23.3 Å². The number of benzene rings is 2. The predicted octanol–water partition coefficient (Wildman–Crippen LogP) is 4.30. The molecule has 0 saturated carbocycles. The van der Waals surface area contributed by atoms with Crippen LogP contribution in [0, 0.1) is 6.92 Å². The number of nitrogens with zero attached hydrogens (tertiary/aromatic N) is 2. The fraction of sp³-hybridized carbons (Fsp3) is 0.200. The molecule has 1 amide bonds. The molecule has 1 unspecified atom stereocenters. The summed E-state index contributed by atoms with van der Waals surface area (Å²) in [5.41, 5.74) is 2.12. The monoisotopic (exact) mass is 369 g/mol. The summed E-state index contributed by atoms with van der Waals surface area (Å²) in [6.45, 7) is 4.23. The van der Waals surface area contributed by atoms with Crippen LogP contribution < -0.4 is 10.1 Å². The molecule has 3 aromatic rings. The number of aromatic nitrogens is 2. The van der Waals surface area contributed by atoms with Gasteiger partial charge in [0.2, 0.25) is 0 Å². The molecule has 1 atom stereocenters. The Morgan fingerprint density at radius 1 is 1.23 bits per heavy atom. The van der Waals surface area contributed by atoms with E-state index in [4.69, 9.17) is 16.3 Å². The van der Waals surface area contributed by atoms with Crippen molar-refractivity contribution in [2.75, 3.05) is 5.32 Å². The van der Waals surface area contributed by atoms with Crippen LogP contribution in [-0.2, 0) is 11.3 Å². The standard InChI is InChI=1S/C20H20ClN3O2/c1-14-4-3-5-18(12-14)26-15(2)20(25)23-19-10-11-22-24(19)13-16-6-8-17(21)9-7-16/h3-12,15H,13H2,1-2H3,(H,23,25). The highest BCUT2D eigenvalue weighted by atomic mass is 35.5. The minimum absolute atomic E-state index is 0.232. The van der Waals surface area contributed by atoms with Gasteiger partial charge in [-0.1, -0.05) is 35.9 Å². The van der Waals surface area contributed by atoms with Gasteiger partial charge in [-0.2, -0.15) is 5.10 Å². The lowest BCUT2D eigenvalue weighted by Gasteiger charge is -2.16. The van der Waals surface area contributed by atoms with Crippen molar-refractivity contribution in [3.05, 3.63) is 76.9 Å². The Labute approximate surface area is 157 Å². The van der Waals surface area contributed by atoms with Crippen molar-refractivity contribution in [2.24, 2.45) is 0 Å². The van der Waals surface area contributed by atoms with Crippen LogP contribution in [0.25, 0.3) is 0 Å². The van der Waals surface area contributed by atoms with Gasteiger partial charge >= 0.3 is 0 Å². The number of carbonyl (C=O) groups is 1. The van der Waals surface area contributed by atoms with Gasteiger partial charge in [-0.3, -0.25) is 4.79 Å². The molecule has 2 aromatic carbocycles. The molecule has 0 fully saturated rings. The third-order valence-corrected chi connectivity index (χ3v) is 4.14. The topological polar surface area (TPSA) is 56.1 Å². The molecule has 26 heavy (non-hydrogen) atoms. The summed E-state index contributed by atoms with van der Waals surface area (Å²) in [5, 5.41) is 7.82. The molecule has 134 valence electrons. The smallest absolute Gasteiger partial charge is 0.266 e. The molecule has 0 aliphatic carbocycles. The maximum absolute atomic E-state index is 12.5. The molecular weight excluding hydrogens is 350 g/mol. The van der Waals surface area contributed by atoms with E-state index in [2.05, 4.69) is 10.4 Å². The zero-order valence-electron chi connectivity index (χ0n) is 14.6. The highest BCUT2D eigenvalue weighted by molar-refractivity contribution is 6.30. The molecule has 0 bridgehead atoms. The first-order valence-electron chi connectivity index (χ1n) is 8.32. The summed E-state index contributed by atoms with van der Waals surface area (Å²) in [6, 6.07) is 16.9. The molecule has 1 N–H and O–H groups in total. The lowest BCUT2D eigenvalue weighted by atomic mass is 10.2. The van der Waals surface area contributed by atoms with Crippen molar-refractivity contribution in [1.82, 2.24) is 9.78 Å². The van der Waals surface area contributed by atoms with Crippen molar-refractivity contribution in [3.8, 4) is 5.75 Å². The Morgan fingerprint density at radius 3 is 2.73 bits per heavy atom. The molecule has 0 aliphatic heterocycles. The van der Waals surface area contributed by atoms with E-state index in [1.807, 2.05) is 55.5 Å². The van der Waals surface area contributed by atoms with Gasteiger partial charge in [0.1, 0.15) is 11.6 Å². The van der Waals surface area contributed by atoms with Crippen molar-refractivity contribution in [3.63, 3.8) is 0 Å². The molecule has 0 radical (unpaired) electrons. The van der Waals surface area contributed by atoms with E-state index in [0.717, 1.165) is 11.1 Å². The fourth-order valence-electron chi connectivity index (χ4n) is 2.50. The fourth-order valence-corrected chi connectivity index (χ4v) is 2.63. The van der Waals surface area contributed by atoms with Crippen LogP contribution in [0.1, 0.15) is 18.1 Å². The average Bonchev–Trinajstić information content (AvgIpc) is 3.03. The Kier molecular flexibility index (Phi) is 5.58. The van der Waals surface area contributed by atoms with E-state index in [1.165, 1.54) is 0 Å². The van der Waals surface area contributed by atoms with Crippen LogP contribution in [0.5, 0.6) is 5.75 Å². The van der Waals surface area contributed by atoms with Gasteiger partial charge in [0.25, 0.3) is 5.91 Å². The zero-order chi connectivity index (χ0) is 18.5. The van der Waals surface area contributed by atoms with Gasteiger partial charge in [-0.25, -0.2) is 4.68 Å². The maximum atomic E-state index is 12.5. The van der Waals surface area contributed by atoms with Crippen molar-refractivity contribution < 1.29 is 9.53 Å². The quantitative estimate of drug-likeness (QED) is 0.704. The van der Waals surface area contributed by atoms with Crippen LogP contribution in [0.15, 0.2) is 60.8 Å². The predicted molar refractivity (Wildman–Crippen MR) is 103 cm³/mol. The third-order valence-electron chi connectivity index (χ3n) is 3.89. The molecule has 5 nitrogen and oxygen atoms in total. The van der Waals surface area contributed by atoms with E-state index in [1.54, 1.807) is 23.9 Å². The highest BCUT2D eigenvalue weighted by Crippen LogP contribution is 2.16. The minimum atomic E-state index is -0.629. The van der Waals surface area contributed by atoms with E-state index < -0.39 is 6.10 Å². The van der Waals surface area contributed by atoms with Gasteiger partial charge in [0.05, 0.1) is 12.7 Å². The largest absolute Gasteiger partial charge is 0.481 e. The molecule has 0 aliphatic rings. The van der Waals surface area contributed by atoms with Crippen molar-refractivity contribution in [1.29, 1.82) is 0 Å². The Morgan fingerprint density at radius 2 is 2.00 bits per heavy atom. The molecular formula is C20H20ClN3O2. The number of rotatable bonds is 6. The third kappa shape index (κ3) is 4.64. The van der Waals surface area contributed by atoms with Crippen molar-refractivity contribution in [2.45, 2.75) is 26.5 Å². The molecule has 1 heterocycles. The summed E-state index contributed by atoms with van der Waals surface area (Å²) in [4.78, 5) is 12.5. The summed E-state index contributed by atoms with van der Waals surface area (Å²) >= 11 is 5.91. The van der Waals surface area contributed by atoms with Gasteiger partial charge < -0.3 is 10.1 Å². The first kappa shape index (κ1) is 18.0. The molecule has 3 rings (SSSR count). The summed E-state index contributed by atoms with van der Waals surface area (Å²) in [7, 11) is 0. The minimum Gasteiger partial charge on any atom is -0.481 e. The number of aryl methyl sites for hydroxylation is 1. The number of hydrogen-bond donors (Lipinski definition) is 1. The Hall–Kier alpha value is -2.79. The van der Waals surface area contributed by atoms with Gasteiger partial charge in [0, 0.05) is 11.1 Å². The Bertz CT molecular complexity index is 890. The SMILES string of the molecule is Cc1cccc(OC(C)C(=O)Nc2ccnn2Cc2ccc(Cl)cc2)c1. The molecule has 0 spiro atoms. The van der Waals surface area contributed by atoms with E-state index in [9.17, 15) is 4.79 Å². The highest BCUT2D eigenvalue weighted by Gasteiger charge is 2.17. The average molecular weight is 370 g/mol. The number of halogens is 1. The number of nitrogens with one attached hydrogen (secondary N) is 1. The second kappa shape index (κ2) is 8.06. The zero-order valence-corrected chi connectivity index (χ0v) is 15.4. The number of amides is 1. The van der Waals surface area contributed by atoms with Gasteiger partial charge in [-0.05, 0) is 49.2 Å². The Balaban J connectivity index is 1.64. The molecule has 6 heteroatoms. The summed E-state index contributed by atoms with van der Waals surface area (Å²) < 4.78 is 7.44. The number of carbonyl (C=O) groups excluding carboxylic acids is 1. The maximum Gasteiger partial charge on any atom is 0.266 e. The van der Waals surface area contributed by atoms with E-state index in [0.29, 0.717) is 23.1 Å². The number of hydrogen-bond acceptors (Lipinski definition) is 3. The molecule has 1 aromatic heterocycles. The van der Waals surface area contributed by atoms with Crippen LogP contribution in [0.2, 0.25) is 5.02 Å². The second-order valence-corrected chi connectivity index (χ2v) is 6.50. The normalized spacial score (nSPS) is 11.8. The van der Waals surface area contributed by atoms with Gasteiger partial charge in [0.15, 0.2) is 6.10 Å². The van der Waals surface area contributed by atoms with E-state index >= 15 is 0 Å². The second-order valence-electron chi connectivity index (χ2n) is 6.07. The van der Waals surface area contributed by atoms with Crippen LogP contribution in [0.3, 0.4) is 0 Å². The summed E-state index contributed by atoms with van der Waals surface area (Å²) in [6.07, 6.45) is 1.02. The first-order chi connectivity index (χ1) is 12.5. The lowest BCUT2D eigenvalue weighted by molar-refractivity contribution is -0.122. The number of ether oxygens (including phenoxy) is 1. The van der Waals surface area contributed by atoms with Gasteiger partial charge in [-0.15, -0.1) is 0 Å². The van der Waals surface area contributed by atoms with Crippen LogP contribution in [-0.4, -0.2) is 21.8 Å².